The van der Waals surface area contributed by atoms with E-state index in [9.17, 15) is 4.79 Å². The first-order valence-corrected chi connectivity index (χ1v) is 8.49. The molecule has 22 heavy (non-hydrogen) atoms. The number of rotatable bonds is 5. The van der Waals surface area contributed by atoms with Gasteiger partial charge in [0.2, 0.25) is 5.91 Å². The number of hydrogen-bond donors (Lipinski definition) is 1. The van der Waals surface area contributed by atoms with Gasteiger partial charge in [-0.3, -0.25) is 4.79 Å². The van der Waals surface area contributed by atoms with Crippen LogP contribution in [-0.4, -0.2) is 13.0 Å². The van der Waals surface area contributed by atoms with Crippen molar-refractivity contribution >= 4 is 39.2 Å². The SMILES string of the molecule is COc1ccc(C)cc1[C@H](C)NC(=O)/C=C/c1ccc(Br)s1. The number of aryl methyl sites for hydroxylation is 1. The summed E-state index contributed by atoms with van der Waals surface area (Å²) in [5.41, 5.74) is 2.11. The Hall–Kier alpha value is -1.59. The normalized spacial score (nSPS) is 12.4. The Morgan fingerprint density at radius 3 is 2.77 bits per heavy atom. The molecule has 0 aliphatic carbocycles. The van der Waals surface area contributed by atoms with Crippen molar-refractivity contribution in [3.05, 3.63) is 56.2 Å². The number of methoxy groups -OCH3 is 1. The number of nitrogens with one attached hydrogen (secondary N) is 1. The number of benzene rings is 1. The average Bonchev–Trinajstić information content (AvgIpc) is 2.90. The number of carbonyl (C=O) groups is 1. The van der Waals surface area contributed by atoms with Crippen molar-refractivity contribution in [3.8, 4) is 5.75 Å². The fourth-order valence-electron chi connectivity index (χ4n) is 2.11. The van der Waals surface area contributed by atoms with E-state index in [-0.39, 0.29) is 11.9 Å². The van der Waals surface area contributed by atoms with Gasteiger partial charge in [-0.2, -0.15) is 0 Å². The molecule has 0 aliphatic rings. The van der Waals surface area contributed by atoms with E-state index in [0.717, 1.165) is 25.5 Å². The smallest absolute Gasteiger partial charge is 0.244 e. The monoisotopic (exact) mass is 379 g/mol. The molecule has 1 aromatic carbocycles. The predicted molar refractivity (Wildman–Crippen MR) is 95.3 cm³/mol. The molecule has 1 heterocycles. The molecule has 3 nitrogen and oxygen atoms in total. The highest BCUT2D eigenvalue weighted by atomic mass is 79.9. The van der Waals surface area contributed by atoms with Crippen LogP contribution in [0.25, 0.3) is 6.08 Å². The third kappa shape index (κ3) is 4.45. The van der Waals surface area contributed by atoms with Crippen LogP contribution in [0.15, 0.2) is 40.2 Å². The standard InChI is InChI=1S/C17H18BrNO2S/c1-11-4-7-15(21-3)14(10-11)12(2)19-17(20)9-6-13-5-8-16(18)22-13/h4-10,12H,1-3H3,(H,19,20)/b9-6+/t12-/m0/s1. The fraction of sp³-hybridized carbons (Fsp3) is 0.235. The number of carbonyl (C=O) groups excluding carboxylic acids is 1. The number of halogens is 1. The zero-order chi connectivity index (χ0) is 16.1. The Morgan fingerprint density at radius 1 is 1.36 bits per heavy atom. The van der Waals surface area contributed by atoms with E-state index < -0.39 is 0 Å². The summed E-state index contributed by atoms with van der Waals surface area (Å²) in [6.45, 7) is 3.97. The minimum atomic E-state index is -0.124. The maximum atomic E-state index is 12.0. The zero-order valence-electron chi connectivity index (χ0n) is 12.7. The van der Waals surface area contributed by atoms with Gasteiger partial charge >= 0.3 is 0 Å². The second kappa shape index (κ2) is 7.61. The second-order valence-corrected chi connectivity index (χ2v) is 7.45. The summed E-state index contributed by atoms with van der Waals surface area (Å²) in [5, 5.41) is 2.96. The van der Waals surface area contributed by atoms with Crippen LogP contribution in [-0.2, 0) is 4.79 Å². The average molecular weight is 380 g/mol. The maximum Gasteiger partial charge on any atom is 0.244 e. The lowest BCUT2D eigenvalue weighted by atomic mass is 10.0. The summed E-state index contributed by atoms with van der Waals surface area (Å²) in [7, 11) is 1.64. The molecular weight excluding hydrogens is 362 g/mol. The maximum absolute atomic E-state index is 12.0. The van der Waals surface area contributed by atoms with Crippen molar-refractivity contribution in [2.24, 2.45) is 0 Å². The number of ether oxygens (including phenoxy) is 1. The van der Waals surface area contributed by atoms with Crippen molar-refractivity contribution in [1.29, 1.82) is 0 Å². The highest BCUT2D eigenvalue weighted by Crippen LogP contribution is 2.26. The molecule has 1 N–H and O–H groups in total. The summed E-state index contributed by atoms with van der Waals surface area (Å²) >= 11 is 4.99. The minimum absolute atomic E-state index is 0.123. The van der Waals surface area contributed by atoms with E-state index in [1.54, 1.807) is 24.5 Å². The van der Waals surface area contributed by atoms with E-state index in [0.29, 0.717) is 0 Å². The largest absolute Gasteiger partial charge is 0.496 e. The highest BCUT2D eigenvalue weighted by Gasteiger charge is 2.13. The third-order valence-corrected chi connectivity index (χ3v) is 4.79. The van der Waals surface area contributed by atoms with E-state index in [2.05, 4.69) is 21.2 Å². The lowest BCUT2D eigenvalue weighted by Gasteiger charge is -2.17. The zero-order valence-corrected chi connectivity index (χ0v) is 15.1. The van der Waals surface area contributed by atoms with Gasteiger partial charge in [-0.15, -0.1) is 11.3 Å². The number of amides is 1. The Kier molecular flexibility index (Phi) is 5.80. The molecule has 2 rings (SSSR count). The summed E-state index contributed by atoms with van der Waals surface area (Å²) in [6.07, 6.45) is 3.36. The van der Waals surface area contributed by atoms with Crippen molar-refractivity contribution < 1.29 is 9.53 Å². The van der Waals surface area contributed by atoms with Crippen molar-refractivity contribution in [2.45, 2.75) is 19.9 Å². The summed E-state index contributed by atoms with van der Waals surface area (Å²) in [6, 6.07) is 9.75. The Bertz CT molecular complexity index is 694. The first kappa shape index (κ1) is 16.8. The third-order valence-electron chi connectivity index (χ3n) is 3.20. The van der Waals surface area contributed by atoms with Gasteiger partial charge in [0.05, 0.1) is 16.9 Å². The van der Waals surface area contributed by atoms with Crippen LogP contribution in [0.5, 0.6) is 5.75 Å². The van der Waals surface area contributed by atoms with Crippen LogP contribution in [0.4, 0.5) is 0 Å². The van der Waals surface area contributed by atoms with Gasteiger partial charge in [0.25, 0.3) is 0 Å². The molecule has 0 fully saturated rings. The molecule has 2 aromatic rings. The quantitative estimate of drug-likeness (QED) is 0.763. The number of hydrogen-bond acceptors (Lipinski definition) is 3. The molecule has 0 saturated heterocycles. The van der Waals surface area contributed by atoms with Crippen LogP contribution in [0, 0.1) is 6.92 Å². The fourth-order valence-corrected chi connectivity index (χ4v) is 3.43. The molecule has 1 atom stereocenters. The van der Waals surface area contributed by atoms with E-state index in [1.807, 2.05) is 50.3 Å². The summed E-state index contributed by atoms with van der Waals surface area (Å²) in [5.74, 6) is 0.658. The van der Waals surface area contributed by atoms with E-state index in [4.69, 9.17) is 4.74 Å². The molecule has 0 unspecified atom stereocenters. The van der Waals surface area contributed by atoms with E-state index in [1.165, 1.54) is 0 Å². The minimum Gasteiger partial charge on any atom is -0.496 e. The van der Waals surface area contributed by atoms with Crippen LogP contribution >= 0.6 is 27.3 Å². The van der Waals surface area contributed by atoms with Gasteiger partial charge in [0.15, 0.2) is 0 Å². The first-order valence-electron chi connectivity index (χ1n) is 6.88. The molecular formula is C17H18BrNO2S. The second-order valence-electron chi connectivity index (χ2n) is 4.95. The molecule has 0 saturated carbocycles. The lowest BCUT2D eigenvalue weighted by Crippen LogP contribution is -2.25. The van der Waals surface area contributed by atoms with Crippen molar-refractivity contribution in [1.82, 2.24) is 5.32 Å². The molecule has 116 valence electrons. The summed E-state index contributed by atoms with van der Waals surface area (Å²) < 4.78 is 6.41. The van der Waals surface area contributed by atoms with Crippen LogP contribution < -0.4 is 10.1 Å². The molecule has 5 heteroatoms. The highest BCUT2D eigenvalue weighted by molar-refractivity contribution is 9.11. The predicted octanol–water partition coefficient (Wildman–Crippen LogP) is 4.72. The van der Waals surface area contributed by atoms with Gasteiger partial charge in [0.1, 0.15) is 5.75 Å². The topological polar surface area (TPSA) is 38.3 Å². The van der Waals surface area contributed by atoms with Gasteiger partial charge in [-0.25, -0.2) is 0 Å². The molecule has 1 aromatic heterocycles. The Morgan fingerprint density at radius 2 is 2.14 bits per heavy atom. The van der Waals surface area contributed by atoms with Crippen LogP contribution in [0.2, 0.25) is 0 Å². The van der Waals surface area contributed by atoms with Crippen LogP contribution in [0.3, 0.4) is 0 Å². The Balaban J connectivity index is 2.05. The molecule has 0 spiro atoms. The molecule has 1 amide bonds. The van der Waals surface area contributed by atoms with Gasteiger partial charge in [-0.05, 0) is 54.1 Å². The van der Waals surface area contributed by atoms with Gasteiger partial charge < -0.3 is 10.1 Å². The van der Waals surface area contributed by atoms with Crippen molar-refractivity contribution in [2.75, 3.05) is 7.11 Å². The van der Waals surface area contributed by atoms with Gasteiger partial charge in [0, 0.05) is 16.5 Å². The molecule has 0 aliphatic heterocycles. The van der Waals surface area contributed by atoms with Gasteiger partial charge in [-0.1, -0.05) is 17.7 Å². The lowest BCUT2D eigenvalue weighted by molar-refractivity contribution is -0.117. The van der Waals surface area contributed by atoms with Crippen molar-refractivity contribution in [3.63, 3.8) is 0 Å². The molecule has 0 bridgehead atoms. The van der Waals surface area contributed by atoms with E-state index >= 15 is 0 Å². The Labute approximate surface area is 143 Å². The van der Waals surface area contributed by atoms with Crippen LogP contribution in [0.1, 0.15) is 29.0 Å². The first-order chi connectivity index (χ1) is 10.5. The molecule has 0 radical (unpaired) electrons. The number of thiophene rings is 1. The summed E-state index contributed by atoms with van der Waals surface area (Å²) in [4.78, 5) is 13.1.